The number of hydrogen-bond donors (Lipinski definition) is 0. The third kappa shape index (κ3) is 3.52. The number of carbonyl (C=O) groups is 1. The van der Waals surface area contributed by atoms with Crippen molar-refractivity contribution in [2.24, 2.45) is 0 Å². The van der Waals surface area contributed by atoms with E-state index in [1.165, 1.54) is 5.56 Å². The molecule has 0 saturated carbocycles. The number of nitrogens with zero attached hydrogens (tertiary/aromatic N) is 1. The molecule has 0 radical (unpaired) electrons. The van der Waals surface area contributed by atoms with E-state index in [1.807, 2.05) is 63.4 Å². The van der Waals surface area contributed by atoms with Crippen molar-refractivity contribution in [2.45, 2.75) is 32.7 Å². The molecule has 0 saturated heterocycles. The first-order chi connectivity index (χ1) is 9.91. The van der Waals surface area contributed by atoms with Crippen molar-refractivity contribution in [1.29, 1.82) is 0 Å². The third-order valence-corrected chi connectivity index (χ3v) is 3.92. The van der Waals surface area contributed by atoms with Gasteiger partial charge in [0.15, 0.2) is 0 Å². The van der Waals surface area contributed by atoms with Gasteiger partial charge in [-0.2, -0.15) is 0 Å². The van der Waals surface area contributed by atoms with Crippen LogP contribution in [0.5, 0.6) is 0 Å². The maximum atomic E-state index is 12.8. The molecule has 0 aromatic heterocycles. The van der Waals surface area contributed by atoms with E-state index in [1.54, 1.807) is 4.90 Å². The maximum Gasteiger partial charge on any atom is 0.232 e. The maximum absolute atomic E-state index is 12.8. The highest BCUT2D eigenvalue weighted by molar-refractivity contribution is 5.87. The average molecular weight is 281 g/mol. The molecule has 2 aromatic rings. The van der Waals surface area contributed by atoms with Gasteiger partial charge in [0.2, 0.25) is 5.91 Å². The second-order valence-corrected chi connectivity index (χ2v) is 6.14. The zero-order valence-electron chi connectivity index (χ0n) is 13.3. The van der Waals surface area contributed by atoms with Crippen molar-refractivity contribution < 1.29 is 4.79 Å². The summed E-state index contributed by atoms with van der Waals surface area (Å²) in [7, 11) is 1.87. The molecule has 110 valence electrons. The Kier molecular flexibility index (Phi) is 4.46. The number of aryl methyl sites for hydroxylation is 1. The topological polar surface area (TPSA) is 20.3 Å². The van der Waals surface area contributed by atoms with Crippen LogP contribution in [0.15, 0.2) is 54.6 Å². The van der Waals surface area contributed by atoms with Gasteiger partial charge in [0.1, 0.15) is 0 Å². The van der Waals surface area contributed by atoms with E-state index < -0.39 is 5.41 Å². The van der Waals surface area contributed by atoms with Gasteiger partial charge in [-0.15, -0.1) is 0 Å². The lowest BCUT2D eigenvalue weighted by atomic mass is 9.83. The lowest BCUT2D eigenvalue weighted by Gasteiger charge is -2.30. The van der Waals surface area contributed by atoms with E-state index >= 15 is 0 Å². The van der Waals surface area contributed by atoms with Gasteiger partial charge in [0.05, 0.1) is 5.41 Å². The van der Waals surface area contributed by atoms with Crippen LogP contribution in [0.4, 0.5) is 0 Å². The van der Waals surface area contributed by atoms with E-state index in [2.05, 4.69) is 19.1 Å². The first-order valence-corrected chi connectivity index (χ1v) is 7.28. The van der Waals surface area contributed by atoms with Crippen LogP contribution in [0.2, 0.25) is 0 Å². The molecule has 0 aliphatic carbocycles. The molecule has 0 spiro atoms. The molecule has 2 aromatic carbocycles. The Bertz CT molecular complexity index is 599. The molecule has 2 nitrogen and oxygen atoms in total. The van der Waals surface area contributed by atoms with Gasteiger partial charge in [-0.05, 0) is 31.9 Å². The number of rotatable bonds is 4. The minimum atomic E-state index is -0.517. The molecular weight excluding hydrogens is 258 g/mol. The molecule has 0 aliphatic heterocycles. The average Bonchev–Trinajstić information content (AvgIpc) is 2.48. The van der Waals surface area contributed by atoms with Crippen LogP contribution in [0.25, 0.3) is 0 Å². The molecular formula is C19H23NO. The van der Waals surface area contributed by atoms with Crippen LogP contribution in [-0.4, -0.2) is 17.9 Å². The summed E-state index contributed by atoms with van der Waals surface area (Å²) in [5, 5.41) is 0. The largest absolute Gasteiger partial charge is 0.341 e. The van der Waals surface area contributed by atoms with Gasteiger partial charge < -0.3 is 4.90 Å². The predicted molar refractivity (Wildman–Crippen MR) is 87.1 cm³/mol. The summed E-state index contributed by atoms with van der Waals surface area (Å²) in [5.74, 6) is 0.134. The van der Waals surface area contributed by atoms with Gasteiger partial charge in [0.25, 0.3) is 0 Å². The SMILES string of the molecule is Cc1ccc(C(C)(C)C(=O)N(C)Cc2ccccc2)cc1. The number of amides is 1. The highest BCUT2D eigenvalue weighted by Gasteiger charge is 2.32. The van der Waals surface area contributed by atoms with Gasteiger partial charge in [-0.3, -0.25) is 4.79 Å². The van der Waals surface area contributed by atoms with E-state index in [9.17, 15) is 4.79 Å². The minimum Gasteiger partial charge on any atom is -0.341 e. The third-order valence-electron chi connectivity index (χ3n) is 3.92. The van der Waals surface area contributed by atoms with E-state index in [-0.39, 0.29) is 5.91 Å². The lowest BCUT2D eigenvalue weighted by Crippen LogP contribution is -2.41. The van der Waals surface area contributed by atoms with E-state index in [0.717, 1.165) is 11.1 Å². The Hall–Kier alpha value is -2.09. The summed E-state index contributed by atoms with van der Waals surface area (Å²) < 4.78 is 0. The molecule has 2 rings (SSSR count). The zero-order valence-corrected chi connectivity index (χ0v) is 13.3. The monoisotopic (exact) mass is 281 g/mol. The van der Waals surface area contributed by atoms with Crippen molar-refractivity contribution in [3.63, 3.8) is 0 Å². The van der Waals surface area contributed by atoms with Crippen LogP contribution >= 0.6 is 0 Å². The zero-order chi connectivity index (χ0) is 15.5. The second-order valence-electron chi connectivity index (χ2n) is 6.14. The molecule has 0 atom stereocenters. The Morgan fingerprint density at radius 3 is 2.14 bits per heavy atom. The Balaban J connectivity index is 2.15. The van der Waals surface area contributed by atoms with E-state index in [4.69, 9.17) is 0 Å². The fraction of sp³-hybridized carbons (Fsp3) is 0.316. The molecule has 0 unspecified atom stereocenters. The van der Waals surface area contributed by atoms with Crippen molar-refractivity contribution >= 4 is 5.91 Å². The molecule has 21 heavy (non-hydrogen) atoms. The highest BCUT2D eigenvalue weighted by atomic mass is 16.2. The number of carbonyl (C=O) groups excluding carboxylic acids is 1. The first-order valence-electron chi connectivity index (χ1n) is 7.28. The summed E-state index contributed by atoms with van der Waals surface area (Å²) in [6.45, 7) is 6.66. The molecule has 0 fully saturated rings. The van der Waals surface area contributed by atoms with Gasteiger partial charge in [-0.25, -0.2) is 0 Å². The fourth-order valence-corrected chi connectivity index (χ4v) is 2.50. The molecule has 0 N–H and O–H groups in total. The Morgan fingerprint density at radius 2 is 1.57 bits per heavy atom. The predicted octanol–water partition coefficient (Wildman–Crippen LogP) is 3.93. The molecule has 0 aliphatic rings. The van der Waals surface area contributed by atoms with Gasteiger partial charge >= 0.3 is 0 Å². The molecule has 2 heteroatoms. The van der Waals surface area contributed by atoms with Crippen molar-refractivity contribution in [3.8, 4) is 0 Å². The Morgan fingerprint density at radius 1 is 1.00 bits per heavy atom. The fourth-order valence-electron chi connectivity index (χ4n) is 2.50. The number of likely N-dealkylation sites (N-methyl/N-ethyl adjacent to an activating group) is 1. The number of hydrogen-bond acceptors (Lipinski definition) is 1. The normalized spacial score (nSPS) is 11.2. The summed E-state index contributed by atoms with van der Waals surface area (Å²) in [5.41, 5.74) is 2.89. The summed E-state index contributed by atoms with van der Waals surface area (Å²) in [6, 6.07) is 18.3. The van der Waals surface area contributed by atoms with Crippen LogP contribution in [-0.2, 0) is 16.8 Å². The van der Waals surface area contributed by atoms with Crippen LogP contribution in [0.3, 0.4) is 0 Å². The van der Waals surface area contributed by atoms with E-state index in [0.29, 0.717) is 6.54 Å². The molecule has 0 bridgehead atoms. The van der Waals surface area contributed by atoms with Crippen molar-refractivity contribution in [1.82, 2.24) is 4.90 Å². The van der Waals surface area contributed by atoms with Crippen molar-refractivity contribution in [2.75, 3.05) is 7.05 Å². The second kappa shape index (κ2) is 6.13. The Labute approximate surface area is 127 Å². The van der Waals surface area contributed by atoms with Crippen LogP contribution in [0.1, 0.15) is 30.5 Å². The van der Waals surface area contributed by atoms with Crippen LogP contribution in [0, 0.1) is 6.92 Å². The summed E-state index contributed by atoms with van der Waals surface area (Å²) in [4.78, 5) is 14.6. The van der Waals surface area contributed by atoms with Gasteiger partial charge in [0, 0.05) is 13.6 Å². The summed E-state index contributed by atoms with van der Waals surface area (Å²) >= 11 is 0. The lowest BCUT2D eigenvalue weighted by molar-refractivity contribution is -0.135. The highest BCUT2D eigenvalue weighted by Crippen LogP contribution is 2.26. The quantitative estimate of drug-likeness (QED) is 0.831. The van der Waals surface area contributed by atoms with Gasteiger partial charge in [-0.1, -0.05) is 60.2 Å². The summed E-state index contributed by atoms with van der Waals surface area (Å²) in [6.07, 6.45) is 0. The minimum absolute atomic E-state index is 0.134. The first kappa shape index (κ1) is 15.3. The van der Waals surface area contributed by atoms with Crippen LogP contribution < -0.4 is 0 Å². The van der Waals surface area contributed by atoms with Crippen molar-refractivity contribution in [3.05, 3.63) is 71.3 Å². The number of benzene rings is 2. The molecule has 0 heterocycles. The standard InChI is InChI=1S/C19H23NO/c1-15-10-12-17(13-11-15)19(2,3)18(21)20(4)14-16-8-6-5-7-9-16/h5-13H,14H2,1-4H3. The smallest absolute Gasteiger partial charge is 0.232 e. The molecule has 1 amide bonds.